The molecule has 0 aliphatic rings. The van der Waals surface area contributed by atoms with Crippen LogP contribution in [0.15, 0.2) is 17.2 Å². The van der Waals surface area contributed by atoms with Crippen molar-refractivity contribution in [3.05, 3.63) is 18.0 Å². The fourth-order valence-corrected chi connectivity index (χ4v) is 2.71. The van der Waals surface area contributed by atoms with E-state index in [0.29, 0.717) is 13.2 Å². The largest absolute Gasteiger partial charge is 0.383 e. The summed E-state index contributed by atoms with van der Waals surface area (Å²) in [5.41, 5.74) is 6.41. The van der Waals surface area contributed by atoms with Crippen molar-refractivity contribution in [1.82, 2.24) is 9.29 Å². The summed E-state index contributed by atoms with van der Waals surface area (Å²) in [4.78, 5) is 0.243. The van der Waals surface area contributed by atoms with Gasteiger partial charge >= 0.3 is 0 Å². The number of rotatable bonds is 7. The Balaban J connectivity index is 2.95. The van der Waals surface area contributed by atoms with Crippen LogP contribution in [-0.2, 0) is 21.3 Å². The molecule has 0 bridgehead atoms. The molecule has 3 N–H and O–H groups in total. The second-order valence-corrected chi connectivity index (χ2v) is 6.03. The minimum Gasteiger partial charge on any atom is -0.383 e. The van der Waals surface area contributed by atoms with Crippen molar-refractivity contribution in [2.45, 2.75) is 31.3 Å². The SMILES string of the molecule is COCCNS(=O)(=O)c1cc(CN)n(C(C)C)c1. The predicted molar refractivity (Wildman–Crippen MR) is 69.8 cm³/mol. The molecule has 0 aromatic carbocycles. The summed E-state index contributed by atoms with van der Waals surface area (Å²) in [5, 5.41) is 0. The smallest absolute Gasteiger partial charge is 0.242 e. The van der Waals surface area contributed by atoms with Crippen molar-refractivity contribution in [3.8, 4) is 0 Å². The first kappa shape index (κ1) is 15.2. The van der Waals surface area contributed by atoms with E-state index in [1.54, 1.807) is 12.3 Å². The maximum atomic E-state index is 12.0. The van der Waals surface area contributed by atoms with Crippen molar-refractivity contribution in [3.63, 3.8) is 0 Å². The third-order valence-corrected chi connectivity index (χ3v) is 4.01. The first-order valence-electron chi connectivity index (χ1n) is 5.81. The lowest BCUT2D eigenvalue weighted by atomic mass is 10.3. The van der Waals surface area contributed by atoms with Crippen LogP contribution in [0.4, 0.5) is 0 Å². The molecular weight excluding hydrogens is 254 g/mol. The first-order chi connectivity index (χ1) is 8.42. The van der Waals surface area contributed by atoms with E-state index in [2.05, 4.69) is 4.72 Å². The van der Waals surface area contributed by atoms with E-state index in [1.807, 2.05) is 18.4 Å². The highest BCUT2D eigenvalue weighted by Gasteiger charge is 2.18. The van der Waals surface area contributed by atoms with Crippen LogP contribution in [0, 0.1) is 0 Å². The average Bonchev–Trinajstić information content (AvgIpc) is 2.74. The van der Waals surface area contributed by atoms with Gasteiger partial charge in [-0.25, -0.2) is 13.1 Å². The Kier molecular flexibility index (Phi) is 5.33. The predicted octanol–water partition coefficient (Wildman–Crippen LogP) is 0.452. The van der Waals surface area contributed by atoms with E-state index in [-0.39, 0.29) is 17.5 Å². The monoisotopic (exact) mass is 275 g/mol. The van der Waals surface area contributed by atoms with E-state index in [9.17, 15) is 8.42 Å². The lowest BCUT2D eigenvalue weighted by molar-refractivity contribution is 0.204. The maximum absolute atomic E-state index is 12.0. The molecular formula is C11H21N3O3S. The van der Waals surface area contributed by atoms with Crippen LogP contribution in [-0.4, -0.2) is 33.2 Å². The van der Waals surface area contributed by atoms with Crippen LogP contribution >= 0.6 is 0 Å². The Bertz CT molecular complexity index is 480. The maximum Gasteiger partial charge on any atom is 0.242 e. The Morgan fingerprint density at radius 3 is 2.61 bits per heavy atom. The molecule has 0 atom stereocenters. The minimum atomic E-state index is -3.48. The first-order valence-corrected chi connectivity index (χ1v) is 7.30. The summed E-state index contributed by atoms with van der Waals surface area (Å²) in [6.45, 7) is 4.87. The second kappa shape index (κ2) is 6.33. The average molecular weight is 275 g/mol. The molecule has 1 aromatic rings. The Morgan fingerprint density at radius 1 is 1.50 bits per heavy atom. The zero-order chi connectivity index (χ0) is 13.8. The normalized spacial score (nSPS) is 12.3. The molecule has 104 valence electrons. The summed E-state index contributed by atoms with van der Waals surface area (Å²) in [5.74, 6) is 0. The molecule has 0 saturated heterocycles. The van der Waals surface area contributed by atoms with E-state index in [4.69, 9.17) is 10.5 Å². The quantitative estimate of drug-likeness (QED) is 0.708. The van der Waals surface area contributed by atoms with Gasteiger partial charge < -0.3 is 15.0 Å². The van der Waals surface area contributed by atoms with Gasteiger partial charge in [-0.3, -0.25) is 0 Å². The summed E-state index contributed by atoms with van der Waals surface area (Å²) < 4.78 is 33.1. The zero-order valence-electron chi connectivity index (χ0n) is 11.0. The molecule has 18 heavy (non-hydrogen) atoms. The number of nitrogens with one attached hydrogen (secondary N) is 1. The molecule has 0 aliphatic heterocycles. The highest BCUT2D eigenvalue weighted by atomic mass is 32.2. The van der Waals surface area contributed by atoms with Crippen molar-refractivity contribution in [1.29, 1.82) is 0 Å². The van der Waals surface area contributed by atoms with Gasteiger partial charge in [0, 0.05) is 38.1 Å². The molecule has 6 nitrogen and oxygen atoms in total. The number of sulfonamides is 1. The summed E-state index contributed by atoms with van der Waals surface area (Å²) >= 11 is 0. The lowest BCUT2D eigenvalue weighted by Crippen LogP contribution is -2.26. The highest BCUT2D eigenvalue weighted by molar-refractivity contribution is 7.89. The van der Waals surface area contributed by atoms with Gasteiger partial charge in [-0.2, -0.15) is 0 Å². The molecule has 7 heteroatoms. The van der Waals surface area contributed by atoms with Crippen LogP contribution in [0.2, 0.25) is 0 Å². The number of nitrogens with two attached hydrogens (primary N) is 1. The van der Waals surface area contributed by atoms with Crippen LogP contribution in [0.3, 0.4) is 0 Å². The third kappa shape index (κ3) is 3.55. The van der Waals surface area contributed by atoms with Crippen LogP contribution in [0.25, 0.3) is 0 Å². The molecule has 0 fully saturated rings. The molecule has 1 heterocycles. The van der Waals surface area contributed by atoms with Gasteiger partial charge in [0.25, 0.3) is 0 Å². The molecule has 1 aromatic heterocycles. The zero-order valence-corrected chi connectivity index (χ0v) is 11.8. The summed E-state index contributed by atoms with van der Waals surface area (Å²) in [6, 6.07) is 1.78. The van der Waals surface area contributed by atoms with Crippen molar-refractivity contribution < 1.29 is 13.2 Å². The topological polar surface area (TPSA) is 86.3 Å². The molecule has 0 aliphatic carbocycles. The van der Waals surface area contributed by atoms with Gasteiger partial charge in [0.05, 0.1) is 11.5 Å². The van der Waals surface area contributed by atoms with E-state index < -0.39 is 10.0 Å². The van der Waals surface area contributed by atoms with Gasteiger partial charge in [-0.1, -0.05) is 0 Å². The molecule has 0 spiro atoms. The summed E-state index contributed by atoms with van der Waals surface area (Å²) in [6.07, 6.45) is 1.61. The molecule has 0 unspecified atom stereocenters. The Morgan fingerprint density at radius 2 is 2.17 bits per heavy atom. The van der Waals surface area contributed by atoms with E-state index in [0.717, 1.165) is 5.69 Å². The van der Waals surface area contributed by atoms with Crippen molar-refractivity contribution in [2.24, 2.45) is 5.73 Å². The number of ether oxygens (including phenoxy) is 1. The molecule has 0 amide bonds. The van der Waals surface area contributed by atoms with Gasteiger partial charge in [0.1, 0.15) is 0 Å². The van der Waals surface area contributed by atoms with Crippen LogP contribution < -0.4 is 10.5 Å². The lowest BCUT2D eigenvalue weighted by Gasteiger charge is -2.10. The number of hydrogen-bond donors (Lipinski definition) is 2. The van der Waals surface area contributed by atoms with Gasteiger partial charge in [0.15, 0.2) is 0 Å². The van der Waals surface area contributed by atoms with Crippen molar-refractivity contribution >= 4 is 10.0 Å². The fourth-order valence-electron chi connectivity index (χ4n) is 1.65. The molecule has 1 rings (SSSR count). The van der Waals surface area contributed by atoms with E-state index >= 15 is 0 Å². The molecule has 0 saturated carbocycles. The van der Waals surface area contributed by atoms with Crippen molar-refractivity contribution in [2.75, 3.05) is 20.3 Å². The fraction of sp³-hybridized carbons (Fsp3) is 0.636. The van der Waals surface area contributed by atoms with Crippen LogP contribution in [0.5, 0.6) is 0 Å². The second-order valence-electron chi connectivity index (χ2n) is 4.26. The van der Waals surface area contributed by atoms with Crippen LogP contribution in [0.1, 0.15) is 25.6 Å². The molecule has 0 radical (unpaired) electrons. The number of aromatic nitrogens is 1. The Hall–Kier alpha value is -0.890. The highest BCUT2D eigenvalue weighted by Crippen LogP contribution is 2.18. The number of hydrogen-bond acceptors (Lipinski definition) is 4. The third-order valence-electron chi connectivity index (χ3n) is 2.58. The Labute approximate surface area is 108 Å². The standard InChI is InChI=1S/C11H21N3O3S/c1-9(2)14-8-11(6-10(14)7-12)18(15,16)13-4-5-17-3/h6,8-9,13H,4-5,7,12H2,1-3H3. The van der Waals surface area contributed by atoms with Gasteiger partial charge in [-0.05, 0) is 19.9 Å². The van der Waals surface area contributed by atoms with Gasteiger partial charge in [-0.15, -0.1) is 0 Å². The van der Waals surface area contributed by atoms with Gasteiger partial charge in [0.2, 0.25) is 10.0 Å². The summed E-state index contributed by atoms with van der Waals surface area (Å²) in [7, 11) is -1.96. The minimum absolute atomic E-state index is 0.173. The number of nitrogens with zero attached hydrogens (tertiary/aromatic N) is 1. The number of methoxy groups -OCH3 is 1. The van der Waals surface area contributed by atoms with E-state index in [1.165, 1.54) is 7.11 Å².